The smallest absolute Gasteiger partial charge is 0.0314 e. The second kappa shape index (κ2) is 5.13. The molecule has 0 aliphatic heterocycles. The summed E-state index contributed by atoms with van der Waals surface area (Å²) in [6.07, 6.45) is 2.16. The Labute approximate surface area is 92.5 Å². The zero-order chi connectivity index (χ0) is 9.84. The number of aryl methyl sites for hydroxylation is 1. The highest BCUT2D eigenvalue weighted by atomic mass is 79.9. The number of hydrogen-bond acceptors (Lipinski definition) is 2. The van der Waals surface area contributed by atoms with Gasteiger partial charge >= 0.3 is 0 Å². The van der Waals surface area contributed by atoms with E-state index in [4.69, 9.17) is 5.73 Å². The monoisotopic (exact) mass is 261 g/mol. The van der Waals surface area contributed by atoms with Crippen LogP contribution in [-0.4, -0.2) is 6.04 Å². The minimum absolute atomic E-state index is 0.326. The van der Waals surface area contributed by atoms with E-state index in [1.165, 1.54) is 10.0 Å². The molecular formula is C10H16BrNS. The Bertz CT molecular complexity index is 257. The van der Waals surface area contributed by atoms with E-state index in [0.717, 1.165) is 12.8 Å². The molecule has 0 aliphatic carbocycles. The Balaban J connectivity index is 2.39. The van der Waals surface area contributed by atoms with E-state index in [1.807, 2.05) is 0 Å². The molecule has 0 spiro atoms. The molecule has 1 heterocycles. The maximum absolute atomic E-state index is 5.97. The Hall–Kier alpha value is 0.140. The summed E-state index contributed by atoms with van der Waals surface area (Å²) in [4.78, 5) is 0. The highest BCUT2D eigenvalue weighted by Gasteiger charge is 2.08. The second-order valence-electron chi connectivity index (χ2n) is 3.69. The van der Waals surface area contributed by atoms with Gasteiger partial charge in [-0.05, 0) is 45.6 Å². The summed E-state index contributed by atoms with van der Waals surface area (Å²) in [5.74, 6) is 0.581. The van der Waals surface area contributed by atoms with Crippen LogP contribution in [-0.2, 0) is 6.42 Å². The minimum atomic E-state index is 0.326. The third-order valence-corrected chi connectivity index (χ3v) is 4.13. The number of nitrogens with two attached hydrogens (primary N) is 1. The van der Waals surface area contributed by atoms with E-state index in [0.29, 0.717) is 12.0 Å². The lowest BCUT2D eigenvalue weighted by atomic mass is 9.99. The number of hydrogen-bond donors (Lipinski definition) is 1. The Morgan fingerprint density at radius 2 is 2.15 bits per heavy atom. The van der Waals surface area contributed by atoms with Crippen molar-refractivity contribution in [3.8, 4) is 0 Å². The molecule has 13 heavy (non-hydrogen) atoms. The normalized spacial score (nSPS) is 13.6. The van der Waals surface area contributed by atoms with Crippen LogP contribution in [0.4, 0.5) is 0 Å². The van der Waals surface area contributed by atoms with Gasteiger partial charge in [0.25, 0.3) is 0 Å². The van der Waals surface area contributed by atoms with Crippen molar-refractivity contribution >= 4 is 27.3 Å². The molecule has 0 bridgehead atoms. The zero-order valence-corrected chi connectivity index (χ0v) is 10.5. The lowest BCUT2D eigenvalue weighted by molar-refractivity contribution is 0.464. The Morgan fingerprint density at radius 1 is 1.46 bits per heavy atom. The summed E-state index contributed by atoms with van der Waals surface area (Å²) in [7, 11) is 0. The first-order chi connectivity index (χ1) is 6.11. The van der Waals surface area contributed by atoms with Crippen molar-refractivity contribution in [2.45, 2.75) is 32.7 Å². The maximum atomic E-state index is 5.97. The maximum Gasteiger partial charge on any atom is 0.0314 e. The number of halogens is 1. The molecule has 1 unspecified atom stereocenters. The average Bonchev–Trinajstić information content (AvgIpc) is 2.47. The molecule has 0 saturated carbocycles. The Kier molecular flexibility index (Phi) is 4.42. The van der Waals surface area contributed by atoms with E-state index in [2.05, 4.69) is 40.5 Å². The van der Waals surface area contributed by atoms with Gasteiger partial charge in [0, 0.05) is 15.9 Å². The van der Waals surface area contributed by atoms with E-state index < -0.39 is 0 Å². The topological polar surface area (TPSA) is 26.0 Å². The first-order valence-electron chi connectivity index (χ1n) is 4.57. The van der Waals surface area contributed by atoms with Crippen molar-refractivity contribution in [1.82, 2.24) is 0 Å². The second-order valence-corrected chi connectivity index (χ2v) is 5.29. The van der Waals surface area contributed by atoms with Crippen LogP contribution in [0.1, 0.15) is 25.8 Å². The van der Waals surface area contributed by atoms with Crippen molar-refractivity contribution in [1.29, 1.82) is 0 Å². The summed E-state index contributed by atoms with van der Waals surface area (Å²) < 4.78 is 1.23. The van der Waals surface area contributed by atoms with Gasteiger partial charge in [0.2, 0.25) is 0 Å². The molecule has 1 atom stereocenters. The fraction of sp³-hybridized carbons (Fsp3) is 0.600. The third kappa shape index (κ3) is 3.41. The molecule has 0 saturated heterocycles. The van der Waals surface area contributed by atoms with E-state index in [1.54, 1.807) is 11.3 Å². The Morgan fingerprint density at radius 3 is 2.62 bits per heavy atom. The van der Waals surface area contributed by atoms with Crippen molar-refractivity contribution < 1.29 is 0 Å². The fourth-order valence-corrected chi connectivity index (χ4v) is 2.68. The van der Waals surface area contributed by atoms with Gasteiger partial charge in [-0.2, -0.15) is 11.3 Å². The molecule has 0 aromatic carbocycles. The van der Waals surface area contributed by atoms with Gasteiger partial charge in [0.05, 0.1) is 0 Å². The molecule has 3 heteroatoms. The van der Waals surface area contributed by atoms with Crippen LogP contribution in [0.3, 0.4) is 0 Å². The molecular weight excluding hydrogens is 246 g/mol. The lowest BCUT2D eigenvalue weighted by Gasteiger charge is -2.14. The number of thiophene rings is 1. The summed E-state index contributed by atoms with van der Waals surface area (Å²) >= 11 is 5.26. The zero-order valence-electron chi connectivity index (χ0n) is 8.09. The van der Waals surface area contributed by atoms with Gasteiger partial charge in [-0.1, -0.05) is 13.8 Å². The molecule has 0 aliphatic rings. The van der Waals surface area contributed by atoms with Crippen molar-refractivity contribution in [3.63, 3.8) is 0 Å². The van der Waals surface area contributed by atoms with Crippen LogP contribution in [0.5, 0.6) is 0 Å². The molecule has 74 valence electrons. The van der Waals surface area contributed by atoms with Gasteiger partial charge in [-0.3, -0.25) is 0 Å². The van der Waals surface area contributed by atoms with Crippen LogP contribution in [0.15, 0.2) is 15.2 Å². The van der Waals surface area contributed by atoms with Gasteiger partial charge < -0.3 is 5.73 Å². The van der Waals surface area contributed by atoms with Gasteiger partial charge in [-0.15, -0.1) is 0 Å². The van der Waals surface area contributed by atoms with Gasteiger partial charge in [0.15, 0.2) is 0 Å². The summed E-state index contributed by atoms with van der Waals surface area (Å²) in [6, 6.07) is 0.326. The highest BCUT2D eigenvalue weighted by molar-refractivity contribution is 9.10. The highest BCUT2D eigenvalue weighted by Crippen LogP contribution is 2.23. The van der Waals surface area contributed by atoms with Crippen LogP contribution in [0.2, 0.25) is 0 Å². The molecule has 0 amide bonds. The molecule has 0 fully saturated rings. The molecule has 2 N–H and O–H groups in total. The van der Waals surface area contributed by atoms with Crippen molar-refractivity contribution in [2.24, 2.45) is 11.7 Å². The average molecular weight is 262 g/mol. The standard InChI is InChI=1S/C10H16BrNS/c1-7(2)10(12)4-3-8-5-13-6-9(8)11/h5-7,10H,3-4,12H2,1-2H3. The molecule has 0 radical (unpaired) electrons. The van der Waals surface area contributed by atoms with Gasteiger partial charge in [0.1, 0.15) is 0 Å². The quantitative estimate of drug-likeness (QED) is 0.883. The molecule has 1 aromatic heterocycles. The van der Waals surface area contributed by atoms with Crippen molar-refractivity contribution in [2.75, 3.05) is 0 Å². The predicted octanol–water partition coefficient (Wildman–Crippen LogP) is 3.43. The summed E-state index contributed by atoms with van der Waals surface area (Å²) in [5, 5.41) is 4.31. The van der Waals surface area contributed by atoms with Crippen LogP contribution in [0, 0.1) is 5.92 Å². The summed E-state index contributed by atoms with van der Waals surface area (Å²) in [6.45, 7) is 4.35. The van der Waals surface area contributed by atoms with E-state index in [-0.39, 0.29) is 0 Å². The van der Waals surface area contributed by atoms with Crippen LogP contribution < -0.4 is 5.73 Å². The first-order valence-corrected chi connectivity index (χ1v) is 6.31. The summed E-state index contributed by atoms with van der Waals surface area (Å²) in [5.41, 5.74) is 7.36. The molecule has 1 aromatic rings. The van der Waals surface area contributed by atoms with Crippen molar-refractivity contribution in [3.05, 3.63) is 20.8 Å². The molecule has 1 rings (SSSR count). The largest absolute Gasteiger partial charge is 0.327 e. The van der Waals surface area contributed by atoms with Crippen LogP contribution in [0.25, 0.3) is 0 Å². The predicted molar refractivity (Wildman–Crippen MR) is 63.2 cm³/mol. The van der Waals surface area contributed by atoms with E-state index in [9.17, 15) is 0 Å². The SMILES string of the molecule is CC(C)C(N)CCc1cscc1Br. The fourth-order valence-electron chi connectivity index (χ4n) is 1.14. The minimum Gasteiger partial charge on any atom is -0.327 e. The van der Waals surface area contributed by atoms with Crippen LogP contribution >= 0.6 is 27.3 Å². The van der Waals surface area contributed by atoms with E-state index >= 15 is 0 Å². The first kappa shape index (κ1) is 11.2. The lowest BCUT2D eigenvalue weighted by Crippen LogP contribution is -2.26. The molecule has 1 nitrogen and oxygen atoms in total. The number of rotatable bonds is 4. The van der Waals surface area contributed by atoms with Gasteiger partial charge in [-0.25, -0.2) is 0 Å². The third-order valence-electron chi connectivity index (χ3n) is 2.29.